The third-order valence-corrected chi connectivity index (χ3v) is 5.30. The summed E-state index contributed by atoms with van der Waals surface area (Å²) in [6.45, 7) is 13.2. The van der Waals surface area contributed by atoms with Gasteiger partial charge in [-0.25, -0.2) is 4.85 Å². The van der Waals surface area contributed by atoms with E-state index in [2.05, 4.69) is 23.9 Å². The number of hydrogen-bond donors (Lipinski definition) is 0. The molecule has 2 aliphatic rings. The molecule has 1 aliphatic heterocycles. The predicted molar refractivity (Wildman–Crippen MR) is 89.6 cm³/mol. The molecule has 1 saturated heterocycles. The van der Waals surface area contributed by atoms with Gasteiger partial charge < -0.3 is 9.53 Å². The summed E-state index contributed by atoms with van der Waals surface area (Å²) < 4.78 is 6.41. The summed E-state index contributed by atoms with van der Waals surface area (Å²) in [6.07, 6.45) is 4.59. The van der Waals surface area contributed by atoms with Gasteiger partial charge in [0.15, 0.2) is 5.78 Å². The molecule has 120 valence electrons. The number of allylic oxidation sites excluding steroid dienone is 1. The maximum Gasteiger partial charge on any atom is 0.226 e. The molecule has 0 amide bonds. The summed E-state index contributed by atoms with van der Waals surface area (Å²) in [6, 6.07) is 10.3. The second-order valence-electron chi connectivity index (χ2n) is 7.56. The number of ketones is 1. The molecule has 0 spiro atoms. The van der Waals surface area contributed by atoms with Crippen LogP contribution in [0.2, 0.25) is 0 Å². The molecule has 0 unspecified atom stereocenters. The van der Waals surface area contributed by atoms with Crippen LogP contribution in [0.5, 0.6) is 0 Å². The highest BCUT2D eigenvalue weighted by Gasteiger charge is 2.54. The first kappa shape index (κ1) is 16.0. The number of rotatable bonds is 2. The van der Waals surface area contributed by atoms with E-state index in [1.165, 1.54) is 5.56 Å². The molecule has 0 aromatic heterocycles. The van der Waals surface area contributed by atoms with E-state index >= 15 is 0 Å². The summed E-state index contributed by atoms with van der Waals surface area (Å²) in [4.78, 5) is 16.0. The summed E-state index contributed by atoms with van der Waals surface area (Å²) in [7, 11) is 0. The van der Waals surface area contributed by atoms with Gasteiger partial charge in [-0.2, -0.15) is 0 Å². The number of carbonyl (C=O) groups is 1. The van der Waals surface area contributed by atoms with Crippen LogP contribution in [0.15, 0.2) is 42.1 Å². The normalized spacial score (nSPS) is 32.6. The van der Waals surface area contributed by atoms with E-state index in [0.29, 0.717) is 0 Å². The molecule has 3 atom stereocenters. The van der Waals surface area contributed by atoms with Crippen molar-refractivity contribution >= 4 is 5.78 Å². The number of ether oxygens (including phenoxy) is 1. The number of benzene rings is 1. The zero-order valence-electron chi connectivity index (χ0n) is 14.0. The Labute approximate surface area is 138 Å². The van der Waals surface area contributed by atoms with E-state index in [1.54, 1.807) is 0 Å². The Bertz CT molecular complexity index is 683. The Morgan fingerprint density at radius 3 is 2.61 bits per heavy atom. The van der Waals surface area contributed by atoms with Gasteiger partial charge in [-0.15, -0.1) is 0 Å². The minimum absolute atomic E-state index is 0.0877. The Hall–Kier alpha value is -1.92. The van der Waals surface area contributed by atoms with Gasteiger partial charge in [-0.1, -0.05) is 57.2 Å². The summed E-state index contributed by atoms with van der Waals surface area (Å²) in [5, 5.41) is 0. The van der Waals surface area contributed by atoms with Crippen LogP contribution in [0.4, 0.5) is 0 Å². The fraction of sp³-hybridized carbons (Fsp3) is 0.500. The smallest absolute Gasteiger partial charge is 0.226 e. The van der Waals surface area contributed by atoms with Crippen LogP contribution in [0, 0.1) is 17.4 Å². The van der Waals surface area contributed by atoms with Crippen LogP contribution in [-0.4, -0.2) is 18.0 Å². The Balaban J connectivity index is 1.86. The maximum absolute atomic E-state index is 12.6. The molecule has 3 rings (SSSR count). The van der Waals surface area contributed by atoms with Gasteiger partial charge in [0.2, 0.25) is 5.70 Å². The van der Waals surface area contributed by atoms with E-state index in [4.69, 9.17) is 11.3 Å². The molecule has 0 radical (unpaired) electrons. The molecule has 0 bridgehead atoms. The third-order valence-electron chi connectivity index (χ3n) is 5.30. The van der Waals surface area contributed by atoms with Crippen LogP contribution < -0.4 is 0 Å². The lowest BCUT2D eigenvalue weighted by Crippen LogP contribution is -2.56. The third kappa shape index (κ3) is 2.72. The van der Waals surface area contributed by atoms with E-state index < -0.39 is 5.41 Å². The molecule has 3 heteroatoms. The van der Waals surface area contributed by atoms with Crippen LogP contribution in [0.25, 0.3) is 4.85 Å². The minimum Gasteiger partial charge on any atom is -0.373 e. The molecule has 0 N–H and O–H groups in total. The number of hydrogen-bond acceptors (Lipinski definition) is 2. The largest absolute Gasteiger partial charge is 0.373 e. The van der Waals surface area contributed by atoms with Gasteiger partial charge in [0.05, 0.1) is 18.8 Å². The Morgan fingerprint density at radius 2 is 1.96 bits per heavy atom. The second kappa shape index (κ2) is 5.62. The lowest BCUT2D eigenvalue weighted by molar-refractivity contribution is -0.170. The maximum atomic E-state index is 12.6. The van der Waals surface area contributed by atoms with Crippen molar-refractivity contribution in [3.05, 3.63) is 59.1 Å². The molecular formula is C20H23NO2. The zero-order valence-corrected chi connectivity index (χ0v) is 14.0. The van der Waals surface area contributed by atoms with Crippen LogP contribution in [0.3, 0.4) is 0 Å². The molecule has 1 heterocycles. The van der Waals surface area contributed by atoms with Crippen LogP contribution >= 0.6 is 0 Å². The van der Waals surface area contributed by atoms with Crippen LogP contribution in [-0.2, 0) is 16.0 Å². The lowest BCUT2D eigenvalue weighted by Gasteiger charge is -2.52. The van der Waals surface area contributed by atoms with Gasteiger partial charge in [0.25, 0.3) is 0 Å². The highest BCUT2D eigenvalue weighted by Crippen LogP contribution is 2.51. The van der Waals surface area contributed by atoms with Crippen molar-refractivity contribution in [3.8, 4) is 0 Å². The number of carbonyl (C=O) groups excluding carboxylic acids is 1. The lowest BCUT2D eigenvalue weighted by atomic mass is 9.61. The first-order chi connectivity index (χ1) is 10.9. The van der Waals surface area contributed by atoms with E-state index in [0.717, 1.165) is 19.3 Å². The molecule has 23 heavy (non-hydrogen) atoms. The topological polar surface area (TPSA) is 30.7 Å². The fourth-order valence-corrected chi connectivity index (χ4v) is 4.10. The molecule has 1 aliphatic carbocycles. The van der Waals surface area contributed by atoms with Crippen molar-refractivity contribution < 1.29 is 9.53 Å². The fourth-order valence-electron chi connectivity index (χ4n) is 4.10. The van der Waals surface area contributed by atoms with Crippen molar-refractivity contribution in [2.45, 2.75) is 52.2 Å². The average Bonchev–Trinajstić information content (AvgIpc) is 2.54. The predicted octanol–water partition coefficient (Wildman–Crippen LogP) is 4.20. The molecule has 1 fully saturated rings. The number of nitrogens with zero attached hydrogens (tertiary/aromatic N) is 1. The second-order valence-corrected chi connectivity index (χ2v) is 7.56. The average molecular weight is 309 g/mol. The van der Waals surface area contributed by atoms with Crippen molar-refractivity contribution in [3.63, 3.8) is 0 Å². The number of Topliss-reactive ketones (excluding diaryl/α,β-unsaturated/α-hetero) is 1. The summed E-state index contributed by atoms with van der Waals surface area (Å²) in [5.41, 5.74) is 0.653. The van der Waals surface area contributed by atoms with Crippen molar-refractivity contribution in [2.75, 3.05) is 0 Å². The molecule has 0 saturated carbocycles. The summed E-state index contributed by atoms with van der Waals surface area (Å²) >= 11 is 0. The van der Waals surface area contributed by atoms with E-state index in [9.17, 15) is 4.79 Å². The van der Waals surface area contributed by atoms with Gasteiger partial charge in [-0.05, 0) is 24.8 Å². The van der Waals surface area contributed by atoms with Gasteiger partial charge >= 0.3 is 0 Å². The molecule has 1 aromatic rings. The standard InChI is InChI=1S/C20H23NO2/c1-19(2)17(22)16(21-4)13-20(3)11-10-15(23-18(19)20)12-14-8-6-5-7-9-14/h5-9,13,15,18H,10-12H2,1-3H3/t15-,18-,20-/m0/s1. The van der Waals surface area contributed by atoms with Crippen LogP contribution in [0.1, 0.15) is 39.2 Å². The SMILES string of the molecule is [C-]#[N+]C1=C[C@]2(C)CC[C@@H](Cc3ccccc3)O[C@H]2C(C)(C)C1=O. The zero-order chi connectivity index (χ0) is 16.7. The quantitative estimate of drug-likeness (QED) is 0.767. The van der Waals surface area contributed by atoms with E-state index in [-0.39, 0.29) is 29.1 Å². The molecular weight excluding hydrogens is 286 g/mol. The van der Waals surface area contributed by atoms with E-state index in [1.807, 2.05) is 38.1 Å². The van der Waals surface area contributed by atoms with Crippen molar-refractivity contribution in [1.82, 2.24) is 0 Å². The highest BCUT2D eigenvalue weighted by molar-refractivity contribution is 6.02. The summed E-state index contributed by atoms with van der Waals surface area (Å²) in [5.74, 6) is -0.0877. The van der Waals surface area contributed by atoms with Gasteiger partial charge in [-0.3, -0.25) is 0 Å². The Morgan fingerprint density at radius 1 is 1.26 bits per heavy atom. The van der Waals surface area contributed by atoms with Gasteiger partial charge in [0, 0.05) is 10.8 Å². The monoisotopic (exact) mass is 309 g/mol. The first-order valence-corrected chi connectivity index (χ1v) is 8.21. The molecule has 1 aromatic carbocycles. The first-order valence-electron chi connectivity index (χ1n) is 8.21. The highest BCUT2D eigenvalue weighted by atomic mass is 16.5. The van der Waals surface area contributed by atoms with Crippen molar-refractivity contribution in [2.24, 2.45) is 10.8 Å². The van der Waals surface area contributed by atoms with Crippen molar-refractivity contribution in [1.29, 1.82) is 0 Å². The Kier molecular flexibility index (Phi) is 3.90. The molecule has 3 nitrogen and oxygen atoms in total. The van der Waals surface area contributed by atoms with Gasteiger partial charge in [0.1, 0.15) is 0 Å². The minimum atomic E-state index is -0.654. The number of fused-ring (bicyclic) bond motifs is 1.